The number of benzene rings is 2. The smallest absolute Gasteiger partial charge is 0.255 e. The van der Waals surface area contributed by atoms with E-state index in [1.54, 1.807) is 12.1 Å². The molecule has 0 aliphatic rings. The molecule has 0 aliphatic heterocycles. The zero-order chi connectivity index (χ0) is 14.8. The van der Waals surface area contributed by atoms with E-state index in [0.717, 1.165) is 5.39 Å². The van der Waals surface area contributed by atoms with E-state index in [1.165, 1.54) is 0 Å². The van der Waals surface area contributed by atoms with Gasteiger partial charge in [0.25, 0.3) is 5.91 Å². The Morgan fingerprint density at radius 3 is 2.65 bits per heavy atom. The fourth-order valence-corrected chi connectivity index (χ4v) is 1.93. The molecule has 4 nitrogen and oxygen atoms in total. The van der Waals surface area contributed by atoms with Crippen LogP contribution in [0.3, 0.4) is 0 Å². The Bertz CT molecular complexity index is 635. The Labute approximate surface area is 118 Å². The summed E-state index contributed by atoms with van der Waals surface area (Å²) in [5.41, 5.74) is 5.76. The van der Waals surface area contributed by atoms with Crippen molar-refractivity contribution in [2.45, 2.75) is 13.8 Å². The fraction of sp³-hybridized carbons (Fsp3) is 0.312. The summed E-state index contributed by atoms with van der Waals surface area (Å²) in [6, 6.07) is 10.9. The molecule has 0 aliphatic carbocycles. The first-order chi connectivity index (χ1) is 9.44. The number of aromatic hydroxyl groups is 1. The fourth-order valence-electron chi connectivity index (χ4n) is 1.93. The van der Waals surface area contributed by atoms with Crippen LogP contribution in [0.2, 0.25) is 0 Å². The van der Waals surface area contributed by atoms with E-state index in [1.807, 2.05) is 38.1 Å². The van der Waals surface area contributed by atoms with Gasteiger partial charge in [-0.3, -0.25) is 4.79 Å². The van der Waals surface area contributed by atoms with E-state index >= 15 is 0 Å². The number of fused-ring (bicyclic) bond motifs is 1. The summed E-state index contributed by atoms with van der Waals surface area (Å²) in [6.45, 7) is 4.91. The van der Waals surface area contributed by atoms with Crippen molar-refractivity contribution in [2.75, 3.05) is 13.1 Å². The molecule has 0 unspecified atom stereocenters. The molecule has 0 saturated carbocycles. The van der Waals surface area contributed by atoms with Gasteiger partial charge in [0.05, 0.1) is 5.56 Å². The molecule has 0 aromatic heterocycles. The molecule has 2 rings (SSSR count). The summed E-state index contributed by atoms with van der Waals surface area (Å²) in [5.74, 6) is -0.263. The van der Waals surface area contributed by atoms with Crippen molar-refractivity contribution < 1.29 is 9.90 Å². The minimum absolute atomic E-state index is 0.0196. The van der Waals surface area contributed by atoms with Crippen LogP contribution >= 0.6 is 0 Å². The molecule has 0 saturated heterocycles. The second-order valence-corrected chi connectivity index (χ2v) is 5.73. The van der Waals surface area contributed by atoms with Crippen LogP contribution in [0, 0.1) is 5.41 Å². The maximum atomic E-state index is 12.2. The zero-order valence-corrected chi connectivity index (χ0v) is 11.8. The third kappa shape index (κ3) is 2.91. The molecule has 1 amide bonds. The number of hydrogen-bond donors (Lipinski definition) is 3. The summed E-state index contributed by atoms with van der Waals surface area (Å²) < 4.78 is 0. The summed E-state index contributed by atoms with van der Waals surface area (Å²) in [4.78, 5) is 12.2. The van der Waals surface area contributed by atoms with Gasteiger partial charge in [-0.2, -0.15) is 0 Å². The van der Waals surface area contributed by atoms with Gasteiger partial charge in [-0.1, -0.05) is 44.2 Å². The van der Waals surface area contributed by atoms with Gasteiger partial charge in [0, 0.05) is 11.9 Å². The molecule has 0 spiro atoms. The number of phenolic OH excluding ortho intramolecular Hbond substituents is 1. The second kappa shape index (κ2) is 5.51. The molecule has 20 heavy (non-hydrogen) atoms. The minimum atomic E-state index is -0.283. The summed E-state index contributed by atoms with van der Waals surface area (Å²) >= 11 is 0. The number of rotatable bonds is 4. The largest absolute Gasteiger partial charge is 0.506 e. The molecule has 0 radical (unpaired) electrons. The van der Waals surface area contributed by atoms with Crippen LogP contribution in [-0.2, 0) is 0 Å². The van der Waals surface area contributed by atoms with Gasteiger partial charge in [-0.15, -0.1) is 0 Å². The lowest BCUT2D eigenvalue weighted by Gasteiger charge is -2.22. The highest BCUT2D eigenvalue weighted by molar-refractivity contribution is 6.03. The van der Waals surface area contributed by atoms with E-state index in [0.29, 0.717) is 18.5 Å². The average Bonchev–Trinajstić information content (AvgIpc) is 2.45. The number of carbonyl (C=O) groups excluding carboxylic acids is 1. The third-order valence-corrected chi connectivity index (χ3v) is 3.43. The molecular formula is C16H20N2O2. The van der Waals surface area contributed by atoms with Crippen LogP contribution in [0.1, 0.15) is 24.2 Å². The first kappa shape index (κ1) is 14.3. The van der Waals surface area contributed by atoms with E-state index < -0.39 is 0 Å². The predicted octanol–water partition coefficient (Wildman–Crippen LogP) is 2.26. The van der Waals surface area contributed by atoms with Crippen molar-refractivity contribution in [3.05, 3.63) is 42.0 Å². The van der Waals surface area contributed by atoms with Crippen molar-refractivity contribution in [1.82, 2.24) is 5.32 Å². The molecule has 0 bridgehead atoms. The maximum Gasteiger partial charge on any atom is 0.255 e. The minimum Gasteiger partial charge on any atom is -0.506 e. The Morgan fingerprint density at radius 2 is 1.95 bits per heavy atom. The number of carbonyl (C=O) groups is 1. The van der Waals surface area contributed by atoms with Crippen LogP contribution in [0.15, 0.2) is 36.4 Å². The van der Waals surface area contributed by atoms with Crippen LogP contribution < -0.4 is 11.1 Å². The number of amides is 1. The standard InChI is InChI=1S/C16H20N2O2/c1-16(2,9-17)10-18-15(20)13-8-7-11-5-3-4-6-12(11)14(13)19/h3-8,19H,9-10,17H2,1-2H3,(H,18,20). The average molecular weight is 272 g/mol. The summed E-state index contributed by atoms with van der Waals surface area (Å²) in [6.07, 6.45) is 0. The van der Waals surface area contributed by atoms with Gasteiger partial charge in [-0.05, 0) is 23.4 Å². The lowest BCUT2D eigenvalue weighted by molar-refractivity contribution is 0.0935. The number of hydrogen-bond acceptors (Lipinski definition) is 3. The molecule has 4 heteroatoms. The van der Waals surface area contributed by atoms with Gasteiger partial charge >= 0.3 is 0 Å². The van der Waals surface area contributed by atoms with Crippen molar-refractivity contribution >= 4 is 16.7 Å². The number of phenols is 1. The lowest BCUT2D eigenvalue weighted by Crippen LogP contribution is -2.38. The highest BCUT2D eigenvalue weighted by Gasteiger charge is 2.19. The molecule has 0 atom stereocenters. The van der Waals surface area contributed by atoms with Gasteiger partial charge in [0.1, 0.15) is 5.75 Å². The predicted molar refractivity (Wildman–Crippen MR) is 80.8 cm³/mol. The number of nitrogens with one attached hydrogen (secondary N) is 1. The molecule has 4 N–H and O–H groups in total. The first-order valence-corrected chi connectivity index (χ1v) is 6.63. The topological polar surface area (TPSA) is 75.3 Å². The molecular weight excluding hydrogens is 252 g/mol. The normalized spacial score (nSPS) is 11.6. The van der Waals surface area contributed by atoms with E-state index in [9.17, 15) is 9.90 Å². The van der Waals surface area contributed by atoms with Crippen molar-refractivity contribution in [3.8, 4) is 5.75 Å². The monoisotopic (exact) mass is 272 g/mol. The maximum absolute atomic E-state index is 12.2. The highest BCUT2D eigenvalue weighted by atomic mass is 16.3. The van der Waals surface area contributed by atoms with Gasteiger partial charge < -0.3 is 16.2 Å². The van der Waals surface area contributed by atoms with E-state index in [4.69, 9.17) is 5.73 Å². The molecule has 0 heterocycles. The second-order valence-electron chi connectivity index (χ2n) is 5.73. The van der Waals surface area contributed by atoms with Crippen molar-refractivity contribution in [1.29, 1.82) is 0 Å². The lowest BCUT2D eigenvalue weighted by atomic mass is 9.94. The zero-order valence-electron chi connectivity index (χ0n) is 11.8. The molecule has 106 valence electrons. The first-order valence-electron chi connectivity index (χ1n) is 6.63. The van der Waals surface area contributed by atoms with Crippen LogP contribution in [0.25, 0.3) is 10.8 Å². The quantitative estimate of drug-likeness (QED) is 0.799. The third-order valence-electron chi connectivity index (χ3n) is 3.43. The Kier molecular flexibility index (Phi) is 3.95. The van der Waals surface area contributed by atoms with Crippen molar-refractivity contribution in [2.24, 2.45) is 11.1 Å². The molecule has 2 aromatic rings. The summed E-state index contributed by atoms with van der Waals surface area (Å²) in [5, 5.41) is 14.6. The van der Waals surface area contributed by atoms with Gasteiger partial charge in [0.2, 0.25) is 0 Å². The Balaban J connectivity index is 2.25. The van der Waals surface area contributed by atoms with Crippen LogP contribution in [0.4, 0.5) is 0 Å². The Hall–Kier alpha value is -2.07. The Morgan fingerprint density at radius 1 is 1.25 bits per heavy atom. The van der Waals surface area contributed by atoms with Crippen LogP contribution in [0.5, 0.6) is 5.75 Å². The SMILES string of the molecule is CC(C)(CN)CNC(=O)c1ccc2ccccc2c1O. The van der Waals surface area contributed by atoms with Gasteiger partial charge in [0.15, 0.2) is 0 Å². The number of nitrogens with two attached hydrogens (primary N) is 1. The molecule has 0 fully saturated rings. The molecule has 2 aromatic carbocycles. The summed E-state index contributed by atoms with van der Waals surface area (Å²) in [7, 11) is 0. The van der Waals surface area contributed by atoms with Crippen molar-refractivity contribution in [3.63, 3.8) is 0 Å². The van der Waals surface area contributed by atoms with Crippen LogP contribution in [-0.4, -0.2) is 24.1 Å². The van der Waals surface area contributed by atoms with E-state index in [2.05, 4.69) is 5.32 Å². The van der Waals surface area contributed by atoms with Gasteiger partial charge in [-0.25, -0.2) is 0 Å². The van der Waals surface area contributed by atoms with E-state index in [-0.39, 0.29) is 22.6 Å². The highest BCUT2D eigenvalue weighted by Crippen LogP contribution is 2.28.